The second-order valence-corrected chi connectivity index (χ2v) is 11.5. The lowest BCUT2D eigenvalue weighted by Crippen LogP contribution is -2.66. The van der Waals surface area contributed by atoms with Crippen LogP contribution in [0, 0.1) is 5.92 Å². The zero-order valence-electron chi connectivity index (χ0n) is 13.8. The normalized spacial score (nSPS) is 15.8. The first-order valence-corrected chi connectivity index (χ1v) is 10.0. The molecule has 0 aliphatic heterocycles. The Bertz CT molecular complexity index is 557. The third-order valence-corrected chi connectivity index (χ3v) is 9.50. The highest BCUT2D eigenvalue weighted by Crippen LogP contribution is 2.39. The molecule has 2 aromatic carbocycles. The second-order valence-electron chi connectivity index (χ2n) is 7.20. The van der Waals surface area contributed by atoms with Crippen LogP contribution in [-0.2, 0) is 4.43 Å². The van der Waals surface area contributed by atoms with Crippen molar-refractivity contribution in [1.29, 1.82) is 0 Å². The monoisotopic (exact) mass is 309 g/mol. The van der Waals surface area contributed by atoms with E-state index >= 15 is 0 Å². The zero-order chi connectivity index (χ0) is 15.6. The van der Waals surface area contributed by atoms with Crippen molar-refractivity contribution in [2.24, 2.45) is 0 Å². The summed E-state index contributed by atoms with van der Waals surface area (Å²) in [4.78, 5) is 0. The molecule has 115 valence electrons. The number of rotatable bonds is 5. The summed E-state index contributed by atoms with van der Waals surface area (Å²) < 4.78 is 6.79. The van der Waals surface area contributed by atoms with E-state index in [1.165, 1.54) is 23.2 Å². The van der Waals surface area contributed by atoms with E-state index in [1.807, 2.05) is 0 Å². The van der Waals surface area contributed by atoms with Gasteiger partial charge in [0.2, 0.25) is 0 Å². The Balaban J connectivity index is 2.12. The molecule has 22 heavy (non-hydrogen) atoms. The second kappa shape index (κ2) is 6.02. The predicted molar refractivity (Wildman–Crippen MR) is 96.1 cm³/mol. The van der Waals surface area contributed by atoms with Crippen molar-refractivity contribution in [2.75, 3.05) is 6.61 Å². The fraction of sp³-hybridized carbons (Fsp3) is 0.350. The van der Waals surface area contributed by atoms with Gasteiger partial charge in [-0.1, -0.05) is 81.4 Å². The SMILES string of the molecule is CC(C)(C)[Si](OC[C]1CC1)(c1ccccc1)c1ccccc1. The van der Waals surface area contributed by atoms with Gasteiger partial charge in [-0.15, -0.1) is 0 Å². The Morgan fingerprint density at radius 3 is 1.64 bits per heavy atom. The molecule has 0 bridgehead atoms. The molecule has 0 aromatic heterocycles. The predicted octanol–water partition coefficient (Wildman–Crippen LogP) is 3.93. The van der Waals surface area contributed by atoms with Crippen LogP contribution in [0.1, 0.15) is 33.6 Å². The Morgan fingerprint density at radius 1 is 0.818 bits per heavy atom. The van der Waals surface area contributed by atoms with E-state index in [0.717, 1.165) is 6.61 Å². The number of benzene rings is 2. The van der Waals surface area contributed by atoms with Crippen LogP contribution in [0.5, 0.6) is 0 Å². The Morgan fingerprint density at radius 2 is 1.27 bits per heavy atom. The molecule has 0 amide bonds. The van der Waals surface area contributed by atoms with Crippen LogP contribution in [0.25, 0.3) is 0 Å². The van der Waals surface area contributed by atoms with Crippen LogP contribution in [-0.4, -0.2) is 14.9 Å². The van der Waals surface area contributed by atoms with E-state index < -0.39 is 8.32 Å². The van der Waals surface area contributed by atoms with Gasteiger partial charge in [-0.2, -0.15) is 0 Å². The van der Waals surface area contributed by atoms with Crippen LogP contribution in [0.15, 0.2) is 60.7 Å². The van der Waals surface area contributed by atoms with E-state index in [0.29, 0.717) is 0 Å². The highest BCUT2D eigenvalue weighted by atomic mass is 28.4. The molecular weight excluding hydrogens is 284 g/mol. The van der Waals surface area contributed by atoms with Crippen LogP contribution in [0.4, 0.5) is 0 Å². The van der Waals surface area contributed by atoms with Crippen LogP contribution >= 0.6 is 0 Å². The first kappa shape index (κ1) is 15.5. The van der Waals surface area contributed by atoms with E-state index in [-0.39, 0.29) is 5.04 Å². The molecule has 1 aliphatic carbocycles. The molecule has 1 saturated carbocycles. The van der Waals surface area contributed by atoms with Gasteiger partial charge in [0.15, 0.2) is 0 Å². The van der Waals surface area contributed by atoms with Crippen molar-refractivity contribution in [1.82, 2.24) is 0 Å². The highest BCUT2D eigenvalue weighted by Gasteiger charge is 2.50. The third-order valence-electron chi connectivity index (χ3n) is 4.51. The van der Waals surface area contributed by atoms with Gasteiger partial charge < -0.3 is 4.43 Å². The lowest BCUT2D eigenvalue weighted by atomic mass is 10.2. The summed E-state index contributed by atoms with van der Waals surface area (Å²) in [5.74, 6) is 1.56. The molecule has 3 rings (SSSR count). The summed E-state index contributed by atoms with van der Waals surface area (Å²) in [6.45, 7) is 7.82. The highest BCUT2D eigenvalue weighted by molar-refractivity contribution is 6.99. The minimum atomic E-state index is -2.29. The first-order valence-electron chi connectivity index (χ1n) is 8.12. The molecular formula is C20H25OSi. The van der Waals surface area contributed by atoms with E-state index in [1.54, 1.807) is 5.92 Å². The van der Waals surface area contributed by atoms with Crippen molar-refractivity contribution >= 4 is 18.7 Å². The fourth-order valence-electron chi connectivity index (χ4n) is 3.20. The molecule has 1 nitrogen and oxygen atoms in total. The van der Waals surface area contributed by atoms with Crippen LogP contribution in [0.2, 0.25) is 5.04 Å². The summed E-state index contributed by atoms with van der Waals surface area (Å²) in [6, 6.07) is 21.7. The van der Waals surface area contributed by atoms with Crippen LogP contribution in [0.3, 0.4) is 0 Å². The maximum atomic E-state index is 6.79. The molecule has 1 aliphatic rings. The Kier molecular flexibility index (Phi) is 4.24. The van der Waals surface area contributed by atoms with E-state index in [4.69, 9.17) is 4.43 Å². The maximum absolute atomic E-state index is 6.79. The molecule has 1 fully saturated rings. The summed E-state index contributed by atoms with van der Waals surface area (Å²) in [5, 5.41) is 2.83. The van der Waals surface area contributed by atoms with Crippen molar-refractivity contribution in [2.45, 2.75) is 38.7 Å². The molecule has 0 heterocycles. The van der Waals surface area contributed by atoms with Crippen molar-refractivity contribution in [3.8, 4) is 0 Å². The van der Waals surface area contributed by atoms with Crippen molar-refractivity contribution in [3.05, 3.63) is 66.6 Å². The summed E-state index contributed by atoms with van der Waals surface area (Å²) in [6.07, 6.45) is 2.50. The van der Waals surface area contributed by atoms with Gasteiger partial charge in [-0.05, 0) is 28.3 Å². The van der Waals surface area contributed by atoms with Gasteiger partial charge in [0.1, 0.15) is 0 Å². The molecule has 1 radical (unpaired) electrons. The first-order chi connectivity index (χ1) is 10.5. The maximum Gasteiger partial charge on any atom is 0.261 e. The minimum absolute atomic E-state index is 0.0884. The van der Waals surface area contributed by atoms with Crippen molar-refractivity contribution in [3.63, 3.8) is 0 Å². The van der Waals surface area contributed by atoms with Gasteiger partial charge >= 0.3 is 0 Å². The molecule has 0 spiro atoms. The van der Waals surface area contributed by atoms with E-state index in [9.17, 15) is 0 Å². The van der Waals surface area contributed by atoms with Crippen LogP contribution < -0.4 is 10.4 Å². The Labute approximate surface area is 135 Å². The molecule has 0 unspecified atom stereocenters. The third kappa shape index (κ3) is 2.90. The van der Waals surface area contributed by atoms with Gasteiger partial charge in [0.05, 0.1) is 0 Å². The topological polar surface area (TPSA) is 9.23 Å². The van der Waals surface area contributed by atoms with Crippen molar-refractivity contribution < 1.29 is 4.43 Å². The quantitative estimate of drug-likeness (QED) is 0.760. The fourth-order valence-corrected chi connectivity index (χ4v) is 7.78. The minimum Gasteiger partial charge on any atom is -0.407 e. The largest absolute Gasteiger partial charge is 0.407 e. The summed E-state index contributed by atoms with van der Waals surface area (Å²) in [5.41, 5.74) is 0. The van der Waals surface area contributed by atoms with Gasteiger partial charge in [-0.25, -0.2) is 0 Å². The van der Waals surface area contributed by atoms with Gasteiger partial charge in [0, 0.05) is 12.5 Å². The molecule has 2 heteroatoms. The lowest BCUT2D eigenvalue weighted by Gasteiger charge is -2.43. The smallest absolute Gasteiger partial charge is 0.261 e. The molecule has 0 saturated heterocycles. The molecule has 0 atom stereocenters. The summed E-state index contributed by atoms with van der Waals surface area (Å²) in [7, 11) is -2.29. The number of hydrogen-bond acceptors (Lipinski definition) is 1. The van der Waals surface area contributed by atoms with Gasteiger partial charge in [0.25, 0.3) is 8.32 Å². The molecule has 0 N–H and O–H groups in total. The van der Waals surface area contributed by atoms with Gasteiger partial charge in [-0.3, -0.25) is 0 Å². The molecule has 2 aromatic rings. The average molecular weight is 310 g/mol. The summed E-state index contributed by atoms with van der Waals surface area (Å²) >= 11 is 0. The Hall–Kier alpha value is -1.38. The standard InChI is InChI=1S/C20H25OSi/c1-20(2,3)22(21-16-17-14-15-17,18-10-6-4-7-11-18)19-12-8-5-9-13-19/h4-13H,14-16H2,1-3H3. The average Bonchev–Trinajstić information content (AvgIpc) is 3.33. The number of hydrogen-bond donors (Lipinski definition) is 0. The van der Waals surface area contributed by atoms with E-state index in [2.05, 4.69) is 81.4 Å². The lowest BCUT2D eigenvalue weighted by molar-refractivity contribution is 0.322. The zero-order valence-corrected chi connectivity index (χ0v) is 14.8.